The fourth-order valence-electron chi connectivity index (χ4n) is 3.51. The molecule has 9 heteroatoms. The number of nitrogens with one attached hydrogen (secondary N) is 2. The number of likely N-dealkylation sites (tertiary alicyclic amines) is 1. The smallest absolute Gasteiger partial charge is 0.318 e. The van der Waals surface area contributed by atoms with E-state index in [2.05, 4.69) is 20.8 Å². The fraction of sp³-hybridized carbons (Fsp3) is 0.273. The molecule has 1 aliphatic heterocycles. The highest BCUT2D eigenvalue weighted by Crippen LogP contribution is 2.33. The summed E-state index contributed by atoms with van der Waals surface area (Å²) in [5.41, 5.74) is 1.64. The summed E-state index contributed by atoms with van der Waals surface area (Å²) in [6.07, 6.45) is 2.41. The molecule has 7 nitrogen and oxygen atoms in total. The van der Waals surface area contributed by atoms with Gasteiger partial charge in [-0.05, 0) is 49.1 Å². The molecule has 0 spiro atoms. The van der Waals surface area contributed by atoms with Gasteiger partial charge in [0.2, 0.25) is 5.01 Å². The Hall–Kier alpha value is -3.33. The second-order valence-corrected chi connectivity index (χ2v) is 8.23. The zero-order valence-electron chi connectivity index (χ0n) is 16.8. The van der Waals surface area contributed by atoms with E-state index in [9.17, 15) is 14.0 Å². The highest BCUT2D eigenvalue weighted by Gasteiger charge is 2.33. The number of nitrogens with zero attached hydrogens (tertiary/aromatic N) is 3. The highest BCUT2D eigenvalue weighted by atomic mass is 32.1. The van der Waals surface area contributed by atoms with Gasteiger partial charge in [-0.25, -0.2) is 9.18 Å². The Morgan fingerprint density at radius 3 is 2.65 bits per heavy atom. The molecule has 1 atom stereocenters. The number of amides is 3. The van der Waals surface area contributed by atoms with Gasteiger partial charge < -0.3 is 15.5 Å². The third kappa shape index (κ3) is 5.24. The lowest BCUT2D eigenvalue weighted by molar-refractivity contribution is 0.102. The van der Waals surface area contributed by atoms with Gasteiger partial charge >= 0.3 is 6.03 Å². The SMILES string of the molecule is O=C(Nc1ccc(F)cc1)c1nnc([C@@H]2CCCN2C(=O)NCCc2ccccc2)s1. The summed E-state index contributed by atoms with van der Waals surface area (Å²) in [7, 11) is 0. The average molecular weight is 440 g/mol. The van der Waals surface area contributed by atoms with Crippen molar-refractivity contribution in [1.82, 2.24) is 20.4 Å². The lowest BCUT2D eigenvalue weighted by Crippen LogP contribution is -2.40. The van der Waals surface area contributed by atoms with E-state index in [4.69, 9.17) is 0 Å². The van der Waals surface area contributed by atoms with Crippen LogP contribution in [0.4, 0.5) is 14.9 Å². The van der Waals surface area contributed by atoms with E-state index in [1.54, 1.807) is 4.90 Å². The van der Waals surface area contributed by atoms with Gasteiger partial charge in [0.05, 0.1) is 6.04 Å². The van der Waals surface area contributed by atoms with Crippen molar-refractivity contribution in [3.8, 4) is 0 Å². The second kappa shape index (κ2) is 9.65. The van der Waals surface area contributed by atoms with E-state index in [1.807, 2.05) is 30.3 Å². The Bertz CT molecular complexity index is 1040. The first kappa shape index (κ1) is 20.9. The number of rotatable bonds is 6. The third-order valence-electron chi connectivity index (χ3n) is 5.07. The van der Waals surface area contributed by atoms with E-state index in [0.29, 0.717) is 23.8 Å². The Balaban J connectivity index is 1.35. The number of aromatic nitrogens is 2. The van der Waals surface area contributed by atoms with Crippen molar-refractivity contribution >= 4 is 29.0 Å². The molecular formula is C22H22FN5O2S. The van der Waals surface area contributed by atoms with Crippen LogP contribution in [0.25, 0.3) is 0 Å². The minimum atomic E-state index is -0.410. The van der Waals surface area contributed by atoms with Crippen LogP contribution in [-0.2, 0) is 6.42 Å². The zero-order valence-corrected chi connectivity index (χ0v) is 17.6. The molecular weight excluding hydrogens is 417 g/mol. The van der Waals surface area contributed by atoms with Gasteiger partial charge in [0.25, 0.3) is 5.91 Å². The molecule has 160 valence electrons. The third-order valence-corrected chi connectivity index (χ3v) is 6.09. The van der Waals surface area contributed by atoms with Crippen LogP contribution in [0.3, 0.4) is 0 Å². The van der Waals surface area contributed by atoms with Gasteiger partial charge in [-0.1, -0.05) is 41.7 Å². The van der Waals surface area contributed by atoms with Crippen LogP contribution in [0.2, 0.25) is 0 Å². The Labute approximate surface area is 183 Å². The summed E-state index contributed by atoms with van der Waals surface area (Å²) in [4.78, 5) is 26.9. The van der Waals surface area contributed by atoms with Crippen molar-refractivity contribution in [3.63, 3.8) is 0 Å². The molecule has 31 heavy (non-hydrogen) atoms. The molecule has 0 aliphatic carbocycles. The van der Waals surface area contributed by atoms with Crippen LogP contribution in [0.5, 0.6) is 0 Å². The number of carbonyl (C=O) groups is 2. The Kier molecular flexibility index (Phi) is 6.51. The summed E-state index contributed by atoms with van der Waals surface area (Å²) < 4.78 is 13.0. The molecule has 4 rings (SSSR count). The lowest BCUT2D eigenvalue weighted by Gasteiger charge is -2.23. The van der Waals surface area contributed by atoms with Gasteiger partial charge in [0.1, 0.15) is 10.8 Å². The van der Waals surface area contributed by atoms with Gasteiger partial charge in [-0.3, -0.25) is 4.79 Å². The molecule has 1 aromatic heterocycles. The summed E-state index contributed by atoms with van der Waals surface area (Å²) in [5, 5.41) is 14.6. The van der Waals surface area contributed by atoms with Gasteiger partial charge in [0.15, 0.2) is 0 Å². The van der Waals surface area contributed by atoms with Crippen LogP contribution in [0, 0.1) is 5.82 Å². The number of carbonyl (C=O) groups excluding carboxylic acids is 2. The number of urea groups is 1. The van der Waals surface area contributed by atoms with E-state index in [0.717, 1.165) is 19.3 Å². The van der Waals surface area contributed by atoms with Crippen molar-refractivity contribution < 1.29 is 14.0 Å². The number of hydrogen-bond acceptors (Lipinski definition) is 5. The van der Waals surface area contributed by atoms with Crippen LogP contribution < -0.4 is 10.6 Å². The summed E-state index contributed by atoms with van der Waals surface area (Å²) in [6.45, 7) is 1.19. The van der Waals surface area contributed by atoms with E-state index >= 15 is 0 Å². The largest absolute Gasteiger partial charge is 0.338 e. The molecule has 3 aromatic rings. The normalized spacial score (nSPS) is 15.6. The van der Waals surface area contributed by atoms with Crippen molar-refractivity contribution in [2.75, 3.05) is 18.4 Å². The molecule has 2 N–H and O–H groups in total. The standard InChI is InChI=1S/C22H22FN5O2S/c23-16-8-10-17(11-9-16)25-19(29)21-27-26-20(31-21)18-7-4-14-28(18)22(30)24-13-12-15-5-2-1-3-6-15/h1-3,5-6,8-11,18H,4,7,12-14H2,(H,24,30)(H,25,29)/t18-/m0/s1. The predicted octanol–water partition coefficient (Wildman–Crippen LogP) is 4.02. The lowest BCUT2D eigenvalue weighted by atomic mass is 10.1. The predicted molar refractivity (Wildman–Crippen MR) is 116 cm³/mol. The molecule has 2 heterocycles. The van der Waals surface area contributed by atoms with Crippen molar-refractivity contribution in [2.24, 2.45) is 0 Å². The molecule has 0 unspecified atom stereocenters. The minimum absolute atomic E-state index is 0.133. The first-order valence-electron chi connectivity index (χ1n) is 10.1. The van der Waals surface area contributed by atoms with Crippen molar-refractivity contribution in [3.05, 3.63) is 76.0 Å². The first-order chi connectivity index (χ1) is 15.1. The Morgan fingerprint density at radius 2 is 1.87 bits per heavy atom. The van der Waals surface area contributed by atoms with Crippen LogP contribution in [0.15, 0.2) is 54.6 Å². The van der Waals surface area contributed by atoms with Gasteiger partial charge in [-0.2, -0.15) is 0 Å². The maximum Gasteiger partial charge on any atom is 0.318 e. The fourth-order valence-corrected chi connectivity index (χ4v) is 4.39. The topological polar surface area (TPSA) is 87.2 Å². The molecule has 1 saturated heterocycles. The number of halogens is 1. The maximum absolute atomic E-state index is 13.0. The summed E-state index contributed by atoms with van der Waals surface area (Å²) >= 11 is 1.17. The van der Waals surface area contributed by atoms with Gasteiger partial charge in [0, 0.05) is 18.8 Å². The maximum atomic E-state index is 13.0. The molecule has 0 radical (unpaired) electrons. The average Bonchev–Trinajstić information content (AvgIpc) is 3.46. The molecule has 2 aromatic carbocycles. The molecule has 0 saturated carbocycles. The number of hydrogen-bond donors (Lipinski definition) is 2. The quantitative estimate of drug-likeness (QED) is 0.607. The van der Waals surface area contributed by atoms with Crippen LogP contribution in [0.1, 0.15) is 39.3 Å². The first-order valence-corrected chi connectivity index (χ1v) is 10.9. The summed E-state index contributed by atoms with van der Waals surface area (Å²) in [5.74, 6) is -0.785. The van der Waals surface area contributed by atoms with E-state index < -0.39 is 5.91 Å². The molecule has 1 aliphatic rings. The van der Waals surface area contributed by atoms with E-state index in [-0.39, 0.29) is 22.9 Å². The van der Waals surface area contributed by atoms with E-state index in [1.165, 1.54) is 41.2 Å². The van der Waals surface area contributed by atoms with Crippen molar-refractivity contribution in [1.29, 1.82) is 0 Å². The number of anilines is 1. The Morgan fingerprint density at radius 1 is 1.10 bits per heavy atom. The summed E-state index contributed by atoms with van der Waals surface area (Å²) in [6, 6.07) is 15.2. The molecule has 0 bridgehead atoms. The monoisotopic (exact) mass is 439 g/mol. The second-order valence-electron chi connectivity index (χ2n) is 7.23. The van der Waals surface area contributed by atoms with Gasteiger partial charge in [-0.15, -0.1) is 10.2 Å². The number of benzene rings is 2. The molecule has 3 amide bonds. The zero-order chi connectivity index (χ0) is 21.6. The van der Waals surface area contributed by atoms with Crippen molar-refractivity contribution in [2.45, 2.75) is 25.3 Å². The molecule has 1 fully saturated rings. The van der Waals surface area contributed by atoms with Crippen LogP contribution >= 0.6 is 11.3 Å². The highest BCUT2D eigenvalue weighted by molar-refractivity contribution is 7.13. The van der Waals surface area contributed by atoms with Crippen LogP contribution in [-0.4, -0.2) is 40.1 Å². The minimum Gasteiger partial charge on any atom is -0.338 e.